The molecule has 7 nitrogen and oxygen atoms in total. The van der Waals surface area contributed by atoms with Crippen LogP contribution >= 0.6 is 11.6 Å². The van der Waals surface area contributed by atoms with Gasteiger partial charge in [0, 0.05) is 24.1 Å². The Labute approximate surface area is 196 Å². The summed E-state index contributed by atoms with van der Waals surface area (Å²) in [5, 5.41) is 14.0. The Bertz CT molecular complexity index is 1200. The molecule has 0 aliphatic heterocycles. The SMILES string of the molecule is Cc1nc(Cl)c(C=CCCNC(=O)OCC2c3ccccc3-c3ccccc32)cc1[N+](=O)[O-]. The van der Waals surface area contributed by atoms with Crippen LogP contribution in [-0.4, -0.2) is 29.2 Å². The van der Waals surface area contributed by atoms with Gasteiger partial charge in [0.1, 0.15) is 17.5 Å². The van der Waals surface area contributed by atoms with Gasteiger partial charge in [-0.15, -0.1) is 0 Å². The minimum atomic E-state index is -0.491. The van der Waals surface area contributed by atoms with Crippen molar-refractivity contribution in [1.29, 1.82) is 0 Å². The summed E-state index contributed by atoms with van der Waals surface area (Å²) in [6, 6.07) is 17.7. The van der Waals surface area contributed by atoms with Crippen LogP contribution in [0.3, 0.4) is 0 Å². The minimum Gasteiger partial charge on any atom is -0.449 e. The van der Waals surface area contributed by atoms with E-state index in [-0.39, 0.29) is 29.1 Å². The quantitative estimate of drug-likeness (QED) is 0.204. The van der Waals surface area contributed by atoms with Crippen LogP contribution in [0, 0.1) is 17.0 Å². The number of hydrogen-bond acceptors (Lipinski definition) is 5. The highest BCUT2D eigenvalue weighted by Crippen LogP contribution is 2.44. The average Bonchev–Trinajstić information content (AvgIpc) is 3.12. The van der Waals surface area contributed by atoms with Crippen molar-refractivity contribution >= 4 is 29.5 Å². The summed E-state index contributed by atoms with van der Waals surface area (Å²) in [5.74, 6) is 0.00927. The van der Waals surface area contributed by atoms with E-state index in [2.05, 4.69) is 34.6 Å². The molecule has 4 rings (SSSR count). The molecule has 1 N–H and O–H groups in total. The lowest BCUT2D eigenvalue weighted by Crippen LogP contribution is -2.26. The number of benzene rings is 2. The van der Waals surface area contributed by atoms with E-state index in [0.717, 1.165) is 11.1 Å². The number of hydrogen-bond donors (Lipinski definition) is 1. The highest BCUT2D eigenvalue weighted by molar-refractivity contribution is 6.30. The van der Waals surface area contributed by atoms with Gasteiger partial charge >= 0.3 is 6.09 Å². The molecule has 0 saturated heterocycles. The number of nitrogens with zero attached hydrogens (tertiary/aromatic N) is 2. The summed E-state index contributed by atoms with van der Waals surface area (Å²) in [6.45, 7) is 2.14. The number of aromatic nitrogens is 1. The summed E-state index contributed by atoms with van der Waals surface area (Å²) in [5.41, 5.74) is 5.30. The van der Waals surface area contributed by atoms with E-state index in [4.69, 9.17) is 16.3 Å². The molecule has 1 aromatic heterocycles. The van der Waals surface area contributed by atoms with Crippen molar-refractivity contribution in [2.24, 2.45) is 0 Å². The summed E-state index contributed by atoms with van der Waals surface area (Å²) >= 11 is 6.07. The van der Waals surface area contributed by atoms with Gasteiger partial charge in [0.25, 0.3) is 5.69 Å². The number of carbonyl (C=O) groups excluding carboxylic acids is 1. The first-order valence-electron chi connectivity index (χ1n) is 10.5. The second-order valence-electron chi connectivity index (χ2n) is 7.67. The molecule has 8 heteroatoms. The Morgan fingerprint density at radius 1 is 1.18 bits per heavy atom. The number of rotatable bonds is 7. The average molecular weight is 464 g/mol. The molecule has 1 amide bonds. The molecular weight excluding hydrogens is 442 g/mol. The zero-order chi connectivity index (χ0) is 23.4. The third kappa shape index (κ3) is 4.88. The number of nitro groups is 1. The Kier molecular flexibility index (Phi) is 6.70. The first-order chi connectivity index (χ1) is 16.0. The molecule has 2 aromatic carbocycles. The van der Waals surface area contributed by atoms with Crippen molar-refractivity contribution in [1.82, 2.24) is 10.3 Å². The van der Waals surface area contributed by atoms with Crippen LogP contribution in [0.1, 0.15) is 34.7 Å². The van der Waals surface area contributed by atoms with Gasteiger partial charge in [-0.3, -0.25) is 10.1 Å². The second-order valence-corrected chi connectivity index (χ2v) is 8.03. The lowest BCUT2D eigenvalue weighted by Gasteiger charge is -2.14. The topological polar surface area (TPSA) is 94.4 Å². The summed E-state index contributed by atoms with van der Waals surface area (Å²) in [4.78, 5) is 26.8. The fourth-order valence-electron chi connectivity index (χ4n) is 4.00. The second kappa shape index (κ2) is 9.83. The number of carbonyl (C=O) groups is 1. The fourth-order valence-corrected chi connectivity index (χ4v) is 4.24. The molecular formula is C25H22ClN3O4. The highest BCUT2D eigenvalue weighted by atomic mass is 35.5. The van der Waals surface area contributed by atoms with E-state index in [0.29, 0.717) is 18.5 Å². The number of ether oxygens (including phenoxy) is 1. The molecule has 3 aromatic rings. The number of pyridine rings is 1. The molecule has 0 radical (unpaired) electrons. The number of nitrogens with one attached hydrogen (secondary N) is 1. The number of halogens is 1. The van der Waals surface area contributed by atoms with Crippen LogP contribution in [0.5, 0.6) is 0 Å². The fraction of sp³-hybridized carbons (Fsp3) is 0.200. The maximum Gasteiger partial charge on any atom is 0.407 e. The maximum atomic E-state index is 12.2. The van der Waals surface area contributed by atoms with Gasteiger partial charge in [-0.25, -0.2) is 9.78 Å². The predicted octanol–water partition coefficient (Wildman–Crippen LogP) is 5.89. The van der Waals surface area contributed by atoms with Gasteiger partial charge in [0.2, 0.25) is 0 Å². The van der Waals surface area contributed by atoms with Crippen LogP contribution in [0.4, 0.5) is 10.5 Å². The zero-order valence-corrected chi connectivity index (χ0v) is 18.7. The highest BCUT2D eigenvalue weighted by Gasteiger charge is 2.28. The van der Waals surface area contributed by atoms with Gasteiger partial charge in [-0.05, 0) is 35.6 Å². The van der Waals surface area contributed by atoms with Gasteiger partial charge in [0.15, 0.2) is 0 Å². The molecule has 168 valence electrons. The Balaban J connectivity index is 1.29. The number of fused-ring (bicyclic) bond motifs is 3. The minimum absolute atomic E-state index is 0.00927. The maximum absolute atomic E-state index is 12.2. The Hall–Kier alpha value is -3.71. The first-order valence-corrected chi connectivity index (χ1v) is 10.9. The van der Waals surface area contributed by atoms with E-state index >= 15 is 0 Å². The van der Waals surface area contributed by atoms with Crippen molar-refractivity contribution in [3.63, 3.8) is 0 Å². The van der Waals surface area contributed by atoms with Crippen LogP contribution in [0.25, 0.3) is 17.2 Å². The third-order valence-corrected chi connectivity index (χ3v) is 5.89. The largest absolute Gasteiger partial charge is 0.449 e. The molecule has 0 saturated carbocycles. The molecule has 0 unspecified atom stereocenters. The van der Waals surface area contributed by atoms with Crippen molar-refractivity contribution in [2.45, 2.75) is 19.3 Å². The number of alkyl carbamates (subject to hydrolysis) is 1. The molecule has 1 aliphatic rings. The van der Waals surface area contributed by atoms with Crippen molar-refractivity contribution in [3.05, 3.63) is 98.3 Å². The summed E-state index contributed by atoms with van der Waals surface area (Å²) < 4.78 is 5.50. The zero-order valence-electron chi connectivity index (χ0n) is 18.0. The molecule has 0 bridgehead atoms. The van der Waals surface area contributed by atoms with E-state index in [1.807, 2.05) is 24.3 Å². The summed E-state index contributed by atoms with van der Waals surface area (Å²) in [7, 11) is 0. The Morgan fingerprint density at radius 2 is 1.82 bits per heavy atom. The lowest BCUT2D eigenvalue weighted by molar-refractivity contribution is -0.385. The molecule has 33 heavy (non-hydrogen) atoms. The molecule has 1 aliphatic carbocycles. The molecule has 0 spiro atoms. The smallest absolute Gasteiger partial charge is 0.407 e. The van der Waals surface area contributed by atoms with Crippen molar-refractivity contribution in [3.8, 4) is 11.1 Å². The summed E-state index contributed by atoms with van der Waals surface area (Å²) in [6.07, 6.45) is 3.44. The number of aryl methyl sites for hydroxylation is 1. The third-order valence-electron chi connectivity index (χ3n) is 5.59. The van der Waals surface area contributed by atoms with Crippen LogP contribution in [0.15, 0.2) is 60.7 Å². The predicted molar refractivity (Wildman–Crippen MR) is 127 cm³/mol. The standard InChI is InChI=1S/C25H22ClN3O4/c1-16-23(29(31)32)14-17(24(26)28-16)8-6-7-13-27-25(30)33-15-22-20-11-4-2-9-18(20)19-10-3-5-12-21(19)22/h2-6,8-12,14,22H,7,13,15H2,1H3,(H,27,30). The van der Waals surface area contributed by atoms with Gasteiger partial charge in [0.05, 0.1) is 4.92 Å². The monoisotopic (exact) mass is 463 g/mol. The van der Waals surface area contributed by atoms with Crippen LogP contribution in [0.2, 0.25) is 5.15 Å². The van der Waals surface area contributed by atoms with E-state index in [9.17, 15) is 14.9 Å². The van der Waals surface area contributed by atoms with Gasteiger partial charge in [-0.2, -0.15) is 0 Å². The van der Waals surface area contributed by atoms with Crippen LogP contribution in [-0.2, 0) is 4.74 Å². The van der Waals surface area contributed by atoms with E-state index < -0.39 is 11.0 Å². The number of amides is 1. The Morgan fingerprint density at radius 3 is 2.45 bits per heavy atom. The van der Waals surface area contributed by atoms with Gasteiger partial charge < -0.3 is 10.1 Å². The molecule has 0 atom stereocenters. The van der Waals surface area contributed by atoms with Crippen LogP contribution < -0.4 is 5.32 Å². The first kappa shape index (κ1) is 22.5. The van der Waals surface area contributed by atoms with E-state index in [1.54, 1.807) is 12.2 Å². The van der Waals surface area contributed by atoms with Gasteiger partial charge in [-0.1, -0.05) is 72.3 Å². The molecule has 0 fully saturated rings. The van der Waals surface area contributed by atoms with E-state index in [1.165, 1.54) is 24.1 Å². The van der Waals surface area contributed by atoms with Crippen molar-refractivity contribution < 1.29 is 14.5 Å². The lowest BCUT2D eigenvalue weighted by atomic mass is 9.98. The normalized spacial score (nSPS) is 12.4. The van der Waals surface area contributed by atoms with Crippen molar-refractivity contribution in [2.75, 3.05) is 13.2 Å². The molecule has 1 heterocycles.